The van der Waals surface area contributed by atoms with Crippen LogP contribution in [0.3, 0.4) is 0 Å². The smallest absolute Gasteiger partial charge is 0.335 e. The van der Waals surface area contributed by atoms with Gasteiger partial charge in [-0.15, -0.1) is 0 Å². The number of halogens is 2. The highest BCUT2D eigenvalue weighted by atomic mass is 35.5. The predicted octanol–water partition coefficient (Wildman–Crippen LogP) is 5.23. The van der Waals surface area contributed by atoms with Crippen molar-refractivity contribution in [3.8, 4) is 11.3 Å². The number of carbonyl (C=O) groups excluding carboxylic acids is 3. The minimum atomic E-state index is -0.834. The van der Waals surface area contributed by atoms with Gasteiger partial charge < -0.3 is 4.42 Å². The van der Waals surface area contributed by atoms with Gasteiger partial charge in [-0.1, -0.05) is 29.3 Å². The van der Waals surface area contributed by atoms with E-state index in [-0.39, 0.29) is 17.0 Å². The molecule has 6 nitrogen and oxygen atoms in total. The number of furan rings is 1. The minimum Gasteiger partial charge on any atom is -0.457 e. The summed E-state index contributed by atoms with van der Waals surface area (Å²) >= 11 is 11.9. The zero-order chi connectivity index (χ0) is 21.4. The average molecular weight is 441 g/mol. The summed E-state index contributed by atoms with van der Waals surface area (Å²) in [5.74, 6) is -0.737. The van der Waals surface area contributed by atoms with Crippen molar-refractivity contribution in [2.75, 3.05) is 4.90 Å². The molecule has 1 saturated heterocycles. The molecule has 30 heavy (non-hydrogen) atoms. The van der Waals surface area contributed by atoms with Gasteiger partial charge in [-0.2, -0.15) is 0 Å². The lowest BCUT2D eigenvalue weighted by Gasteiger charge is -2.26. The number of carbonyl (C=O) groups is 3. The van der Waals surface area contributed by atoms with E-state index in [1.165, 1.54) is 18.2 Å². The number of urea groups is 1. The minimum absolute atomic E-state index is 0.228. The Labute approximate surface area is 181 Å². The number of imide groups is 2. The van der Waals surface area contributed by atoms with Crippen LogP contribution in [0, 0.1) is 6.92 Å². The van der Waals surface area contributed by atoms with Crippen LogP contribution in [0.4, 0.5) is 10.5 Å². The Morgan fingerprint density at radius 1 is 0.933 bits per heavy atom. The van der Waals surface area contributed by atoms with Crippen LogP contribution in [0.2, 0.25) is 10.0 Å². The summed E-state index contributed by atoms with van der Waals surface area (Å²) in [6.45, 7) is 1.92. The first-order chi connectivity index (χ1) is 14.3. The number of benzene rings is 2. The molecule has 3 aromatic rings. The van der Waals surface area contributed by atoms with Gasteiger partial charge in [0, 0.05) is 15.6 Å². The highest BCUT2D eigenvalue weighted by Crippen LogP contribution is 2.30. The summed E-state index contributed by atoms with van der Waals surface area (Å²) in [6, 6.07) is 14.1. The van der Waals surface area contributed by atoms with E-state index in [1.54, 1.807) is 36.4 Å². The maximum Gasteiger partial charge on any atom is 0.335 e. The molecule has 150 valence electrons. The number of anilines is 1. The van der Waals surface area contributed by atoms with Crippen LogP contribution in [0.15, 0.2) is 64.6 Å². The van der Waals surface area contributed by atoms with Gasteiger partial charge in [0.25, 0.3) is 11.8 Å². The lowest BCUT2D eigenvalue weighted by Crippen LogP contribution is -2.54. The van der Waals surface area contributed by atoms with Crippen LogP contribution in [-0.2, 0) is 9.59 Å². The Kier molecular flexibility index (Phi) is 5.20. The number of aryl methyl sites for hydroxylation is 1. The second kappa shape index (κ2) is 7.82. The fourth-order valence-electron chi connectivity index (χ4n) is 3.06. The van der Waals surface area contributed by atoms with E-state index in [2.05, 4.69) is 5.32 Å². The number of nitrogens with zero attached hydrogens (tertiary/aromatic N) is 1. The number of rotatable bonds is 3. The second-order valence-electron chi connectivity index (χ2n) is 6.60. The molecule has 0 saturated carbocycles. The fraction of sp³-hybridized carbons (Fsp3) is 0.0455. The molecular formula is C22H14Cl2N2O4. The summed E-state index contributed by atoms with van der Waals surface area (Å²) < 4.78 is 5.80. The van der Waals surface area contributed by atoms with Gasteiger partial charge in [0.1, 0.15) is 17.1 Å². The van der Waals surface area contributed by atoms with Crippen molar-refractivity contribution in [2.45, 2.75) is 6.92 Å². The Hall–Kier alpha value is -3.35. The van der Waals surface area contributed by atoms with E-state index in [4.69, 9.17) is 27.6 Å². The molecule has 1 N–H and O–H groups in total. The summed E-state index contributed by atoms with van der Waals surface area (Å²) in [7, 11) is 0. The van der Waals surface area contributed by atoms with Crippen LogP contribution >= 0.6 is 23.2 Å². The van der Waals surface area contributed by atoms with Crippen molar-refractivity contribution in [1.29, 1.82) is 0 Å². The average Bonchev–Trinajstić information content (AvgIpc) is 3.17. The molecule has 2 heterocycles. The number of nitrogens with one attached hydrogen (secondary N) is 1. The normalized spacial score (nSPS) is 15.6. The van der Waals surface area contributed by atoms with Gasteiger partial charge in [-0.25, -0.2) is 9.69 Å². The van der Waals surface area contributed by atoms with Gasteiger partial charge in [-0.3, -0.25) is 14.9 Å². The van der Waals surface area contributed by atoms with E-state index in [0.717, 1.165) is 16.0 Å². The molecule has 1 fully saturated rings. The van der Waals surface area contributed by atoms with Crippen molar-refractivity contribution in [2.24, 2.45) is 0 Å². The number of barbiturate groups is 1. The number of amides is 4. The third-order valence-corrected chi connectivity index (χ3v) is 5.05. The highest BCUT2D eigenvalue weighted by Gasteiger charge is 2.37. The topological polar surface area (TPSA) is 79.6 Å². The first-order valence-electron chi connectivity index (χ1n) is 8.87. The molecule has 0 radical (unpaired) electrons. The first kappa shape index (κ1) is 19.9. The van der Waals surface area contributed by atoms with Crippen LogP contribution in [0.25, 0.3) is 17.4 Å². The zero-order valence-corrected chi connectivity index (χ0v) is 17.1. The van der Waals surface area contributed by atoms with Crippen molar-refractivity contribution < 1.29 is 18.8 Å². The fourth-order valence-corrected chi connectivity index (χ4v) is 3.36. The van der Waals surface area contributed by atoms with E-state index in [0.29, 0.717) is 15.8 Å². The summed E-state index contributed by atoms with van der Waals surface area (Å²) in [4.78, 5) is 38.3. The molecule has 0 bridgehead atoms. The Balaban J connectivity index is 1.69. The molecule has 0 unspecified atom stereocenters. The van der Waals surface area contributed by atoms with Crippen LogP contribution in [0.1, 0.15) is 11.3 Å². The quantitative estimate of drug-likeness (QED) is 0.446. The first-order valence-corrected chi connectivity index (χ1v) is 9.62. The lowest BCUT2D eigenvalue weighted by molar-refractivity contribution is -0.122. The molecule has 0 spiro atoms. The lowest BCUT2D eigenvalue weighted by atomic mass is 10.1. The van der Waals surface area contributed by atoms with E-state index >= 15 is 0 Å². The van der Waals surface area contributed by atoms with E-state index in [1.807, 2.05) is 13.0 Å². The Bertz CT molecular complexity index is 1210. The van der Waals surface area contributed by atoms with Gasteiger partial charge in [-0.05, 0) is 67.1 Å². The molecule has 1 aliphatic rings. The van der Waals surface area contributed by atoms with E-state index in [9.17, 15) is 14.4 Å². The van der Waals surface area contributed by atoms with Crippen molar-refractivity contribution in [3.05, 3.63) is 81.5 Å². The molecule has 1 aliphatic heterocycles. The molecule has 4 amide bonds. The third kappa shape index (κ3) is 3.75. The zero-order valence-electron chi connectivity index (χ0n) is 15.6. The van der Waals surface area contributed by atoms with Crippen LogP contribution < -0.4 is 10.2 Å². The molecule has 0 aliphatic carbocycles. The second-order valence-corrected chi connectivity index (χ2v) is 7.47. The monoisotopic (exact) mass is 440 g/mol. The van der Waals surface area contributed by atoms with Crippen molar-refractivity contribution >= 4 is 52.8 Å². The Morgan fingerprint density at radius 3 is 2.37 bits per heavy atom. The van der Waals surface area contributed by atoms with Gasteiger partial charge in [0.2, 0.25) is 0 Å². The maximum atomic E-state index is 12.9. The van der Waals surface area contributed by atoms with E-state index < -0.39 is 17.8 Å². The van der Waals surface area contributed by atoms with Crippen molar-refractivity contribution in [1.82, 2.24) is 5.32 Å². The largest absolute Gasteiger partial charge is 0.457 e. The number of hydrogen-bond acceptors (Lipinski definition) is 4. The highest BCUT2D eigenvalue weighted by molar-refractivity contribution is 6.39. The molecule has 0 atom stereocenters. The molecule has 2 aromatic carbocycles. The molecular weight excluding hydrogens is 427 g/mol. The molecule has 4 rings (SSSR count). The number of hydrogen-bond donors (Lipinski definition) is 1. The van der Waals surface area contributed by atoms with Crippen LogP contribution in [-0.4, -0.2) is 17.8 Å². The predicted molar refractivity (Wildman–Crippen MR) is 114 cm³/mol. The van der Waals surface area contributed by atoms with Crippen LogP contribution in [0.5, 0.6) is 0 Å². The Morgan fingerprint density at radius 2 is 1.63 bits per heavy atom. The van der Waals surface area contributed by atoms with Crippen molar-refractivity contribution in [3.63, 3.8) is 0 Å². The molecule has 1 aromatic heterocycles. The summed E-state index contributed by atoms with van der Waals surface area (Å²) in [6.07, 6.45) is 1.30. The van der Waals surface area contributed by atoms with Gasteiger partial charge >= 0.3 is 6.03 Å². The SMILES string of the molecule is Cc1ccc(Cl)cc1-c1ccc(C=C2C(=O)NC(=O)N(c3ccc(Cl)cc3)C2=O)o1. The molecule has 8 heteroatoms. The summed E-state index contributed by atoms with van der Waals surface area (Å²) in [5.41, 5.74) is 1.81. The third-order valence-electron chi connectivity index (χ3n) is 4.56. The van der Waals surface area contributed by atoms with Gasteiger partial charge in [0.05, 0.1) is 5.69 Å². The summed E-state index contributed by atoms with van der Waals surface area (Å²) in [5, 5.41) is 3.18. The standard InChI is InChI=1S/C22H14Cl2N2O4/c1-12-2-3-14(24)10-17(12)19-9-8-16(30-19)11-18-20(27)25-22(29)26(21(18)28)15-6-4-13(23)5-7-15/h2-11H,1H3,(H,25,27,29). The maximum absolute atomic E-state index is 12.9. The van der Waals surface area contributed by atoms with Gasteiger partial charge in [0.15, 0.2) is 0 Å².